The van der Waals surface area contributed by atoms with Crippen LogP contribution in [-0.2, 0) is 16.8 Å². The predicted octanol–water partition coefficient (Wildman–Crippen LogP) is -0.303. The Morgan fingerprint density at radius 1 is 1.47 bits per heavy atom. The summed E-state index contributed by atoms with van der Waals surface area (Å²) in [5, 5.41) is 0. The third kappa shape index (κ3) is 4.78. The molecule has 0 spiro atoms. The lowest BCUT2D eigenvalue weighted by molar-refractivity contribution is 0.452. The van der Waals surface area contributed by atoms with Gasteiger partial charge in [-0.05, 0) is 25.1 Å². The van der Waals surface area contributed by atoms with E-state index < -0.39 is 10.2 Å². The lowest BCUT2D eigenvalue weighted by atomic mass is 10.4. The van der Waals surface area contributed by atoms with Gasteiger partial charge in [0, 0.05) is 19.8 Å². The van der Waals surface area contributed by atoms with Gasteiger partial charge in [-0.25, -0.2) is 0 Å². The summed E-state index contributed by atoms with van der Waals surface area (Å²) < 4.78 is 27.2. The van der Waals surface area contributed by atoms with E-state index in [4.69, 9.17) is 5.73 Å². The zero-order valence-electron chi connectivity index (χ0n) is 9.83. The van der Waals surface area contributed by atoms with Crippen LogP contribution in [0, 0.1) is 0 Å². The normalized spacial score (nSPS) is 11.9. The average molecular weight is 258 g/mol. The molecule has 7 heteroatoms. The first-order valence-corrected chi connectivity index (χ1v) is 6.81. The first-order chi connectivity index (χ1) is 8.06. The lowest BCUT2D eigenvalue weighted by Crippen LogP contribution is -2.38. The minimum absolute atomic E-state index is 0.191. The highest BCUT2D eigenvalue weighted by atomic mass is 32.2. The SMILES string of the molecule is CN(CCCN)S(=O)(=O)NCc1ccccn1. The molecule has 0 bridgehead atoms. The summed E-state index contributed by atoms with van der Waals surface area (Å²) in [6.45, 7) is 1.07. The summed E-state index contributed by atoms with van der Waals surface area (Å²) in [7, 11) is -1.92. The quantitative estimate of drug-likeness (QED) is 0.702. The maximum absolute atomic E-state index is 11.8. The third-order valence-corrected chi connectivity index (χ3v) is 3.76. The van der Waals surface area contributed by atoms with Crippen molar-refractivity contribution in [2.24, 2.45) is 5.73 Å². The number of rotatable bonds is 7. The molecule has 1 aromatic rings. The van der Waals surface area contributed by atoms with Crippen LogP contribution >= 0.6 is 0 Å². The van der Waals surface area contributed by atoms with Gasteiger partial charge >= 0.3 is 0 Å². The van der Waals surface area contributed by atoms with Gasteiger partial charge in [-0.2, -0.15) is 17.4 Å². The highest BCUT2D eigenvalue weighted by molar-refractivity contribution is 7.87. The number of nitrogens with two attached hydrogens (primary N) is 1. The van der Waals surface area contributed by atoms with Gasteiger partial charge in [0.2, 0.25) is 0 Å². The average Bonchev–Trinajstić information content (AvgIpc) is 2.35. The van der Waals surface area contributed by atoms with E-state index in [2.05, 4.69) is 9.71 Å². The Kier molecular flexibility index (Phi) is 5.49. The molecule has 0 amide bonds. The van der Waals surface area contributed by atoms with Crippen molar-refractivity contribution in [1.29, 1.82) is 0 Å². The van der Waals surface area contributed by atoms with E-state index in [0.717, 1.165) is 0 Å². The topological polar surface area (TPSA) is 88.3 Å². The lowest BCUT2D eigenvalue weighted by Gasteiger charge is -2.16. The summed E-state index contributed by atoms with van der Waals surface area (Å²) in [6.07, 6.45) is 2.27. The zero-order chi connectivity index (χ0) is 12.7. The molecule has 6 nitrogen and oxygen atoms in total. The second-order valence-electron chi connectivity index (χ2n) is 3.61. The van der Waals surface area contributed by atoms with Crippen molar-refractivity contribution in [3.8, 4) is 0 Å². The van der Waals surface area contributed by atoms with E-state index >= 15 is 0 Å². The van der Waals surface area contributed by atoms with Gasteiger partial charge in [-0.15, -0.1) is 0 Å². The van der Waals surface area contributed by atoms with E-state index in [0.29, 0.717) is 25.2 Å². The molecule has 17 heavy (non-hydrogen) atoms. The molecule has 0 aliphatic carbocycles. The van der Waals surface area contributed by atoms with E-state index in [9.17, 15) is 8.42 Å². The fraction of sp³-hybridized carbons (Fsp3) is 0.500. The standard InChI is InChI=1S/C10H18N4O2S/c1-14(8-4-6-11)17(15,16)13-9-10-5-2-3-7-12-10/h2-3,5,7,13H,4,6,8-9,11H2,1H3. The molecule has 0 atom stereocenters. The summed E-state index contributed by atoms with van der Waals surface area (Å²) in [4.78, 5) is 4.04. The highest BCUT2D eigenvalue weighted by Gasteiger charge is 2.16. The number of hydrogen-bond acceptors (Lipinski definition) is 4. The molecule has 0 fully saturated rings. The van der Waals surface area contributed by atoms with Crippen molar-refractivity contribution < 1.29 is 8.42 Å². The largest absolute Gasteiger partial charge is 0.330 e. The molecule has 1 heterocycles. The van der Waals surface area contributed by atoms with Gasteiger partial charge in [0.05, 0.1) is 12.2 Å². The molecule has 1 aromatic heterocycles. The Morgan fingerprint density at radius 3 is 2.82 bits per heavy atom. The fourth-order valence-electron chi connectivity index (χ4n) is 1.21. The second-order valence-corrected chi connectivity index (χ2v) is 5.47. The fourth-order valence-corrected chi connectivity index (χ4v) is 2.13. The van der Waals surface area contributed by atoms with Gasteiger partial charge in [0.1, 0.15) is 0 Å². The smallest absolute Gasteiger partial charge is 0.279 e. The summed E-state index contributed by atoms with van der Waals surface area (Å²) in [6, 6.07) is 5.36. The highest BCUT2D eigenvalue weighted by Crippen LogP contribution is 1.98. The van der Waals surface area contributed by atoms with Crippen LogP contribution in [0.2, 0.25) is 0 Å². The van der Waals surface area contributed by atoms with Crippen LogP contribution in [0.25, 0.3) is 0 Å². The molecule has 0 aromatic carbocycles. The van der Waals surface area contributed by atoms with Crippen LogP contribution in [0.5, 0.6) is 0 Å². The van der Waals surface area contributed by atoms with E-state index in [1.165, 1.54) is 11.4 Å². The summed E-state index contributed by atoms with van der Waals surface area (Å²) in [5.41, 5.74) is 6.02. The molecule has 0 aliphatic heterocycles. The molecular weight excluding hydrogens is 240 g/mol. The van der Waals surface area contributed by atoms with E-state index in [1.54, 1.807) is 18.3 Å². The van der Waals surface area contributed by atoms with E-state index in [1.807, 2.05) is 6.07 Å². The number of hydrogen-bond donors (Lipinski definition) is 2. The van der Waals surface area contributed by atoms with Crippen molar-refractivity contribution in [1.82, 2.24) is 14.0 Å². The Hall–Kier alpha value is -1.02. The molecule has 0 unspecified atom stereocenters. The van der Waals surface area contributed by atoms with Gasteiger partial charge in [0.25, 0.3) is 10.2 Å². The van der Waals surface area contributed by atoms with Crippen LogP contribution in [0.15, 0.2) is 24.4 Å². The van der Waals surface area contributed by atoms with Gasteiger partial charge in [-0.3, -0.25) is 4.98 Å². The molecule has 0 radical (unpaired) electrons. The van der Waals surface area contributed by atoms with Crippen LogP contribution in [-0.4, -0.2) is 37.8 Å². The van der Waals surface area contributed by atoms with E-state index in [-0.39, 0.29) is 6.54 Å². The van der Waals surface area contributed by atoms with Crippen molar-refractivity contribution in [2.45, 2.75) is 13.0 Å². The third-order valence-electron chi connectivity index (χ3n) is 2.25. The second kappa shape index (κ2) is 6.65. The van der Waals surface area contributed by atoms with Gasteiger partial charge < -0.3 is 5.73 Å². The Morgan fingerprint density at radius 2 is 2.24 bits per heavy atom. The van der Waals surface area contributed by atoms with Crippen LogP contribution in [0.4, 0.5) is 0 Å². The minimum Gasteiger partial charge on any atom is -0.330 e. The molecule has 0 saturated heterocycles. The maximum atomic E-state index is 11.8. The van der Waals surface area contributed by atoms with Gasteiger partial charge in [-0.1, -0.05) is 6.07 Å². The molecule has 0 saturated carbocycles. The summed E-state index contributed by atoms with van der Waals surface area (Å²) in [5.74, 6) is 0. The zero-order valence-corrected chi connectivity index (χ0v) is 10.7. The van der Waals surface area contributed by atoms with Gasteiger partial charge in [0.15, 0.2) is 0 Å². The monoisotopic (exact) mass is 258 g/mol. The number of nitrogens with one attached hydrogen (secondary N) is 1. The molecule has 1 rings (SSSR count). The van der Waals surface area contributed by atoms with Crippen LogP contribution in [0.3, 0.4) is 0 Å². The van der Waals surface area contributed by atoms with Crippen molar-refractivity contribution >= 4 is 10.2 Å². The molecular formula is C10H18N4O2S. The summed E-state index contributed by atoms with van der Waals surface area (Å²) >= 11 is 0. The first kappa shape index (κ1) is 14.0. The van der Waals surface area contributed by atoms with Crippen LogP contribution < -0.4 is 10.5 Å². The van der Waals surface area contributed by atoms with Crippen LogP contribution in [0.1, 0.15) is 12.1 Å². The van der Waals surface area contributed by atoms with Crippen molar-refractivity contribution in [3.63, 3.8) is 0 Å². The predicted molar refractivity (Wildman–Crippen MR) is 66.3 cm³/mol. The van der Waals surface area contributed by atoms with Crippen molar-refractivity contribution in [2.75, 3.05) is 20.1 Å². The molecule has 0 aliphatic rings. The Bertz CT molecular complexity index is 421. The maximum Gasteiger partial charge on any atom is 0.279 e. The molecule has 96 valence electrons. The molecule has 3 N–H and O–H groups in total. The minimum atomic E-state index is -3.44. The Labute approximate surface area is 102 Å². The first-order valence-electron chi connectivity index (χ1n) is 5.37. The number of pyridine rings is 1. The number of nitrogens with zero attached hydrogens (tertiary/aromatic N) is 2. The Balaban J connectivity index is 2.50. The number of aromatic nitrogens is 1. The van der Waals surface area contributed by atoms with Crippen molar-refractivity contribution in [3.05, 3.63) is 30.1 Å².